The van der Waals surface area contributed by atoms with Crippen LogP contribution in [0.25, 0.3) is 0 Å². The fraction of sp³-hybridized carbons (Fsp3) is 0.786. The van der Waals surface area contributed by atoms with Crippen LogP contribution in [-0.2, 0) is 11.3 Å². The highest BCUT2D eigenvalue weighted by atomic mass is 32.1. The molecule has 0 spiro atoms. The fourth-order valence-corrected chi connectivity index (χ4v) is 2.96. The topological polar surface area (TPSA) is 37.4 Å². The summed E-state index contributed by atoms with van der Waals surface area (Å²) in [5.41, 5.74) is 1.13. The number of likely N-dealkylation sites (N-methyl/N-ethyl adjacent to an activating group) is 1. The summed E-state index contributed by atoms with van der Waals surface area (Å²) in [7, 11) is 1.74. The minimum Gasteiger partial charge on any atom is -0.383 e. The highest BCUT2D eigenvalue weighted by molar-refractivity contribution is 7.13. The second-order valence-corrected chi connectivity index (χ2v) is 6.07. The van der Waals surface area contributed by atoms with E-state index < -0.39 is 0 Å². The maximum atomic E-state index is 5.23. The van der Waals surface area contributed by atoms with Gasteiger partial charge >= 0.3 is 0 Å². The minimum atomic E-state index is 0.359. The molecule has 0 aromatic carbocycles. The number of thiazole rings is 1. The molecule has 1 aromatic heterocycles. The molecule has 1 N–H and O–H groups in total. The maximum Gasteiger partial charge on any atom is 0.185 e. The second kappa shape index (κ2) is 8.51. The van der Waals surface area contributed by atoms with Gasteiger partial charge in [0.1, 0.15) is 0 Å². The Morgan fingerprint density at radius 2 is 2.16 bits per heavy atom. The van der Waals surface area contributed by atoms with E-state index in [1.54, 1.807) is 18.4 Å². The van der Waals surface area contributed by atoms with Crippen LogP contribution >= 0.6 is 11.3 Å². The molecule has 0 saturated heterocycles. The lowest BCUT2D eigenvalue weighted by Crippen LogP contribution is -2.36. The van der Waals surface area contributed by atoms with Crippen LogP contribution in [0, 0.1) is 5.92 Å². The molecule has 0 fully saturated rings. The molecular weight excluding hydrogens is 258 g/mol. The van der Waals surface area contributed by atoms with Gasteiger partial charge in [-0.05, 0) is 26.3 Å². The zero-order valence-electron chi connectivity index (χ0n) is 12.8. The number of methoxy groups -OCH3 is 1. The Morgan fingerprint density at radius 1 is 1.42 bits per heavy atom. The van der Waals surface area contributed by atoms with Gasteiger partial charge in [0.05, 0.1) is 18.3 Å². The molecule has 110 valence electrons. The summed E-state index contributed by atoms with van der Waals surface area (Å²) >= 11 is 1.71. The molecule has 0 amide bonds. The second-order valence-electron chi connectivity index (χ2n) is 5.24. The lowest BCUT2D eigenvalue weighted by molar-refractivity contribution is 0.182. The number of aromatic nitrogens is 1. The summed E-state index contributed by atoms with van der Waals surface area (Å²) in [4.78, 5) is 7.00. The van der Waals surface area contributed by atoms with Crippen molar-refractivity contribution in [2.45, 2.75) is 40.3 Å². The van der Waals surface area contributed by atoms with Crippen molar-refractivity contribution in [1.29, 1.82) is 0 Å². The highest BCUT2D eigenvalue weighted by Crippen LogP contribution is 2.22. The Hall–Kier alpha value is -0.650. The molecule has 1 atom stereocenters. The zero-order valence-corrected chi connectivity index (χ0v) is 13.6. The van der Waals surface area contributed by atoms with Crippen LogP contribution in [0.3, 0.4) is 0 Å². The van der Waals surface area contributed by atoms with Crippen molar-refractivity contribution in [2.24, 2.45) is 5.92 Å². The lowest BCUT2D eigenvalue weighted by atomic mass is 10.2. The Kier molecular flexibility index (Phi) is 7.34. The minimum absolute atomic E-state index is 0.359. The van der Waals surface area contributed by atoms with Gasteiger partial charge in [0, 0.05) is 25.6 Å². The standard InChI is InChI=1S/C14H27N3OS/c1-6-17(12(4)9-18-5)14-16-13(10-19-14)8-15-7-11(2)3/h10-12,15H,6-9H2,1-5H3. The van der Waals surface area contributed by atoms with Crippen molar-refractivity contribution < 1.29 is 4.74 Å². The van der Waals surface area contributed by atoms with Gasteiger partial charge in [-0.25, -0.2) is 4.98 Å². The molecule has 1 rings (SSSR count). The first kappa shape index (κ1) is 16.4. The van der Waals surface area contributed by atoms with Crippen molar-refractivity contribution in [1.82, 2.24) is 10.3 Å². The summed E-state index contributed by atoms with van der Waals surface area (Å²) in [5, 5.41) is 6.66. The van der Waals surface area contributed by atoms with E-state index in [0.717, 1.165) is 37.1 Å². The third-order valence-electron chi connectivity index (χ3n) is 2.92. The third-order valence-corrected chi connectivity index (χ3v) is 3.85. The quantitative estimate of drug-likeness (QED) is 0.757. The number of hydrogen-bond acceptors (Lipinski definition) is 5. The van der Waals surface area contributed by atoms with E-state index >= 15 is 0 Å². The van der Waals surface area contributed by atoms with Gasteiger partial charge in [0.25, 0.3) is 0 Å². The van der Waals surface area contributed by atoms with Gasteiger partial charge in [-0.2, -0.15) is 0 Å². The first-order valence-electron chi connectivity index (χ1n) is 6.99. The molecule has 1 unspecified atom stereocenters. The van der Waals surface area contributed by atoms with Crippen LogP contribution in [0.1, 0.15) is 33.4 Å². The third kappa shape index (κ3) is 5.47. The Bertz CT molecular complexity index is 354. The number of rotatable bonds is 9. The molecule has 0 aliphatic carbocycles. The molecule has 0 bridgehead atoms. The first-order valence-corrected chi connectivity index (χ1v) is 7.87. The van der Waals surface area contributed by atoms with E-state index in [2.05, 4.69) is 43.3 Å². The summed E-state index contributed by atoms with van der Waals surface area (Å²) in [6.07, 6.45) is 0. The maximum absolute atomic E-state index is 5.23. The van der Waals surface area contributed by atoms with Crippen LogP contribution in [0.2, 0.25) is 0 Å². The van der Waals surface area contributed by atoms with Gasteiger partial charge < -0.3 is 15.0 Å². The van der Waals surface area contributed by atoms with Gasteiger partial charge in [-0.15, -0.1) is 11.3 Å². The number of nitrogens with zero attached hydrogens (tertiary/aromatic N) is 2. The van der Waals surface area contributed by atoms with Crippen molar-refractivity contribution in [3.63, 3.8) is 0 Å². The van der Waals surface area contributed by atoms with E-state index in [9.17, 15) is 0 Å². The van der Waals surface area contributed by atoms with Crippen molar-refractivity contribution in [3.8, 4) is 0 Å². The Balaban J connectivity index is 2.56. The molecule has 4 nitrogen and oxygen atoms in total. The zero-order chi connectivity index (χ0) is 14.3. The molecule has 0 aliphatic rings. The largest absolute Gasteiger partial charge is 0.383 e. The summed E-state index contributed by atoms with van der Waals surface area (Å²) in [6.45, 7) is 12.3. The first-order chi connectivity index (χ1) is 9.08. The average molecular weight is 285 g/mol. The molecule has 0 saturated carbocycles. The number of ether oxygens (including phenoxy) is 1. The summed E-state index contributed by atoms with van der Waals surface area (Å²) in [6, 6.07) is 0.359. The van der Waals surface area contributed by atoms with Gasteiger partial charge in [0.2, 0.25) is 0 Å². The van der Waals surface area contributed by atoms with E-state index in [-0.39, 0.29) is 0 Å². The summed E-state index contributed by atoms with van der Waals surface area (Å²) < 4.78 is 5.23. The predicted molar refractivity (Wildman–Crippen MR) is 83.0 cm³/mol. The molecule has 1 heterocycles. The molecule has 1 aromatic rings. The van der Waals surface area contributed by atoms with E-state index in [1.807, 2.05) is 0 Å². The molecule has 19 heavy (non-hydrogen) atoms. The number of hydrogen-bond donors (Lipinski definition) is 1. The van der Waals surface area contributed by atoms with Gasteiger partial charge in [-0.1, -0.05) is 13.8 Å². The smallest absolute Gasteiger partial charge is 0.185 e. The SMILES string of the molecule is CCN(c1nc(CNCC(C)C)cs1)C(C)COC. The van der Waals surface area contributed by atoms with Crippen molar-refractivity contribution in [3.05, 3.63) is 11.1 Å². The van der Waals surface area contributed by atoms with Gasteiger partial charge in [0.15, 0.2) is 5.13 Å². The van der Waals surface area contributed by atoms with E-state index in [4.69, 9.17) is 9.72 Å². The van der Waals surface area contributed by atoms with Crippen LogP contribution in [0.4, 0.5) is 5.13 Å². The van der Waals surface area contributed by atoms with Crippen LogP contribution in [0.15, 0.2) is 5.38 Å². The highest BCUT2D eigenvalue weighted by Gasteiger charge is 2.15. The summed E-state index contributed by atoms with van der Waals surface area (Å²) in [5.74, 6) is 0.673. The number of anilines is 1. The van der Waals surface area contributed by atoms with Crippen molar-refractivity contribution in [2.75, 3.05) is 31.7 Å². The van der Waals surface area contributed by atoms with Crippen molar-refractivity contribution >= 4 is 16.5 Å². The lowest BCUT2D eigenvalue weighted by Gasteiger charge is -2.26. The Labute approximate surface area is 121 Å². The van der Waals surface area contributed by atoms with E-state index in [0.29, 0.717) is 12.0 Å². The van der Waals surface area contributed by atoms with Gasteiger partial charge in [-0.3, -0.25) is 0 Å². The monoisotopic (exact) mass is 285 g/mol. The molecule has 5 heteroatoms. The Morgan fingerprint density at radius 3 is 2.74 bits per heavy atom. The normalized spacial score (nSPS) is 12.9. The van der Waals surface area contributed by atoms with Crippen LogP contribution < -0.4 is 10.2 Å². The van der Waals surface area contributed by atoms with Crippen LogP contribution in [-0.4, -0.2) is 37.8 Å². The molecule has 0 radical (unpaired) electrons. The van der Waals surface area contributed by atoms with E-state index in [1.165, 1.54) is 0 Å². The molecular formula is C14H27N3OS. The average Bonchev–Trinajstić information content (AvgIpc) is 2.78. The van der Waals surface area contributed by atoms with Crippen LogP contribution in [0.5, 0.6) is 0 Å². The molecule has 0 aliphatic heterocycles. The predicted octanol–water partition coefficient (Wildman–Crippen LogP) is 2.75. The number of nitrogens with one attached hydrogen (secondary N) is 1. The fourth-order valence-electron chi connectivity index (χ4n) is 1.96.